The van der Waals surface area contributed by atoms with E-state index in [2.05, 4.69) is 15.0 Å². The Morgan fingerprint density at radius 2 is 2.14 bits per heavy atom. The quantitative estimate of drug-likeness (QED) is 0.740. The molecule has 0 aliphatic heterocycles. The molecule has 1 saturated carbocycles. The van der Waals surface area contributed by atoms with Crippen LogP contribution in [0.15, 0.2) is 23.4 Å². The Hall–Kier alpha value is -1.18. The number of nitrogens with one attached hydrogen (secondary N) is 2. The van der Waals surface area contributed by atoms with E-state index >= 15 is 0 Å². The zero-order chi connectivity index (χ0) is 15.3. The van der Waals surface area contributed by atoms with Crippen LogP contribution in [0.2, 0.25) is 0 Å². The molecular formula is C14H23N3O3S. The molecular weight excluding hydrogens is 290 g/mol. The second kappa shape index (κ2) is 7.20. The number of sulfonamides is 1. The van der Waals surface area contributed by atoms with Gasteiger partial charge in [0.05, 0.1) is 11.8 Å². The maximum atomic E-state index is 12.5. The van der Waals surface area contributed by atoms with Crippen LogP contribution in [0.4, 0.5) is 5.69 Å². The normalized spacial score (nSPS) is 23.0. The van der Waals surface area contributed by atoms with Gasteiger partial charge in [-0.2, -0.15) is 0 Å². The number of anilines is 1. The molecule has 0 spiro atoms. The Balaban J connectivity index is 2.18. The van der Waals surface area contributed by atoms with Gasteiger partial charge < -0.3 is 10.4 Å². The molecule has 1 fully saturated rings. The lowest BCUT2D eigenvalue weighted by Crippen LogP contribution is -2.45. The van der Waals surface area contributed by atoms with Crippen LogP contribution in [0.25, 0.3) is 0 Å². The molecule has 1 aromatic heterocycles. The minimum absolute atomic E-state index is 0.00350. The molecule has 3 N–H and O–H groups in total. The first-order valence-electron chi connectivity index (χ1n) is 7.44. The van der Waals surface area contributed by atoms with E-state index in [0.29, 0.717) is 25.1 Å². The van der Waals surface area contributed by atoms with Gasteiger partial charge in [-0.3, -0.25) is 0 Å². The Bertz CT molecular complexity index is 562. The van der Waals surface area contributed by atoms with Crippen LogP contribution >= 0.6 is 0 Å². The Morgan fingerprint density at radius 1 is 1.38 bits per heavy atom. The third-order valence-electron chi connectivity index (χ3n) is 3.63. The molecule has 2 unspecified atom stereocenters. The molecule has 7 heteroatoms. The monoisotopic (exact) mass is 313 g/mol. The van der Waals surface area contributed by atoms with Gasteiger partial charge in [-0.25, -0.2) is 18.1 Å². The molecule has 1 aromatic rings. The van der Waals surface area contributed by atoms with E-state index in [9.17, 15) is 13.5 Å². The SMILES string of the molecule is CCCNc1cccnc1S(=O)(=O)NC1CCCCC1O. The molecule has 0 saturated heterocycles. The van der Waals surface area contributed by atoms with E-state index in [1.54, 1.807) is 12.1 Å². The highest BCUT2D eigenvalue weighted by Gasteiger charge is 2.29. The Kier molecular flexibility index (Phi) is 5.55. The van der Waals surface area contributed by atoms with Crippen LogP contribution in [-0.4, -0.2) is 37.2 Å². The number of aliphatic hydroxyl groups is 1. The van der Waals surface area contributed by atoms with Crippen LogP contribution in [0.5, 0.6) is 0 Å². The standard InChI is InChI=1S/C14H23N3O3S/c1-2-9-15-12-7-5-10-16-14(12)21(19,20)17-11-6-3-4-8-13(11)18/h5,7,10-11,13,15,17-18H,2-4,6,8-9H2,1H3. The highest BCUT2D eigenvalue weighted by Crippen LogP contribution is 2.23. The summed E-state index contributed by atoms with van der Waals surface area (Å²) in [6.07, 6.45) is 4.89. The third-order valence-corrected chi connectivity index (χ3v) is 5.07. The predicted octanol–water partition coefficient (Wildman–Crippen LogP) is 1.49. The van der Waals surface area contributed by atoms with Gasteiger partial charge in [-0.15, -0.1) is 0 Å². The minimum Gasteiger partial charge on any atom is -0.391 e. The molecule has 21 heavy (non-hydrogen) atoms. The predicted molar refractivity (Wildman–Crippen MR) is 81.6 cm³/mol. The van der Waals surface area contributed by atoms with Gasteiger partial charge in [-0.1, -0.05) is 19.8 Å². The van der Waals surface area contributed by atoms with Crippen molar-refractivity contribution in [2.45, 2.75) is 56.2 Å². The van der Waals surface area contributed by atoms with Crippen LogP contribution in [-0.2, 0) is 10.0 Å². The number of aromatic nitrogens is 1. The van der Waals surface area contributed by atoms with Crippen molar-refractivity contribution in [2.24, 2.45) is 0 Å². The van der Waals surface area contributed by atoms with Gasteiger partial charge in [-0.05, 0) is 31.4 Å². The lowest BCUT2D eigenvalue weighted by atomic mass is 9.93. The Morgan fingerprint density at radius 3 is 2.86 bits per heavy atom. The summed E-state index contributed by atoms with van der Waals surface area (Å²) in [5.74, 6) is 0. The summed E-state index contributed by atoms with van der Waals surface area (Å²) in [6.45, 7) is 2.69. The van der Waals surface area contributed by atoms with E-state index in [1.165, 1.54) is 6.20 Å². The molecule has 1 aliphatic carbocycles. The van der Waals surface area contributed by atoms with Crippen molar-refractivity contribution in [3.05, 3.63) is 18.3 Å². The second-order valence-electron chi connectivity index (χ2n) is 5.36. The molecule has 0 bridgehead atoms. The highest BCUT2D eigenvalue weighted by atomic mass is 32.2. The van der Waals surface area contributed by atoms with Crippen molar-refractivity contribution in [3.63, 3.8) is 0 Å². The first-order valence-corrected chi connectivity index (χ1v) is 8.92. The van der Waals surface area contributed by atoms with E-state index in [4.69, 9.17) is 0 Å². The number of nitrogens with zero attached hydrogens (tertiary/aromatic N) is 1. The Labute approximate surface area is 126 Å². The van der Waals surface area contributed by atoms with E-state index in [1.807, 2.05) is 6.92 Å². The van der Waals surface area contributed by atoms with E-state index in [0.717, 1.165) is 19.3 Å². The van der Waals surface area contributed by atoms with Gasteiger partial charge in [0.1, 0.15) is 0 Å². The van der Waals surface area contributed by atoms with Crippen LogP contribution in [0.1, 0.15) is 39.0 Å². The first kappa shape index (κ1) is 16.2. The number of hydrogen-bond donors (Lipinski definition) is 3. The molecule has 118 valence electrons. The van der Waals surface area contributed by atoms with Gasteiger partial charge in [0, 0.05) is 18.8 Å². The molecule has 2 atom stereocenters. The maximum absolute atomic E-state index is 12.5. The average molecular weight is 313 g/mol. The first-order chi connectivity index (χ1) is 10.0. The van der Waals surface area contributed by atoms with Crippen molar-refractivity contribution in [3.8, 4) is 0 Å². The fourth-order valence-corrected chi connectivity index (χ4v) is 3.92. The summed E-state index contributed by atoms with van der Waals surface area (Å²) in [6, 6.07) is 2.98. The smallest absolute Gasteiger partial charge is 0.260 e. The van der Waals surface area contributed by atoms with Crippen LogP contribution in [0, 0.1) is 0 Å². The molecule has 2 rings (SSSR count). The summed E-state index contributed by atoms with van der Waals surface area (Å²) in [4.78, 5) is 4.00. The molecule has 0 radical (unpaired) electrons. The summed E-state index contributed by atoms with van der Waals surface area (Å²) >= 11 is 0. The minimum atomic E-state index is -3.74. The number of aliphatic hydroxyl groups excluding tert-OH is 1. The molecule has 0 aromatic carbocycles. The van der Waals surface area contributed by atoms with Gasteiger partial charge in [0.15, 0.2) is 5.03 Å². The van der Waals surface area contributed by atoms with Crippen molar-refractivity contribution in [1.82, 2.24) is 9.71 Å². The average Bonchev–Trinajstić information content (AvgIpc) is 2.47. The van der Waals surface area contributed by atoms with E-state index in [-0.39, 0.29) is 5.03 Å². The zero-order valence-corrected chi connectivity index (χ0v) is 13.1. The largest absolute Gasteiger partial charge is 0.391 e. The lowest BCUT2D eigenvalue weighted by Gasteiger charge is -2.28. The lowest BCUT2D eigenvalue weighted by molar-refractivity contribution is 0.101. The third kappa shape index (κ3) is 4.15. The van der Waals surface area contributed by atoms with Gasteiger partial charge in [0.25, 0.3) is 10.0 Å². The number of rotatable bonds is 6. The van der Waals surface area contributed by atoms with Gasteiger partial charge >= 0.3 is 0 Å². The fourth-order valence-electron chi connectivity index (χ4n) is 2.50. The fraction of sp³-hybridized carbons (Fsp3) is 0.643. The van der Waals surface area contributed by atoms with Crippen molar-refractivity contribution in [1.29, 1.82) is 0 Å². The summed E-state index contributed by atoms with van der Waals surface area (Å²) in [5, 5.41) is 13.0. The topological polar surface area (TPSA) is 91.3 Å². The maximum Gasteiger partial charge on any atom is 0.260 e. The van der Waals surface area contributed by atoms with Crippen molar-refractivity contribution < 1.29 is 13.5 Å². The van der Waals surface area contributed by atoms with Crippen molar-refractivity contribution >= 4 is 15.7 Å². The van der Waals surface area contributed by atoms with Gasteiger partial charge in [0.2, 0.25) is 0 Å². The molecule has 1 aliphatic rings. The second-order valence-corrected chi connectivity index (χ2v) is 6.99. The van der Waals surface area contributed by atoms with Crippen molar-refractivity contribution in [2.75, 3.05) is 11.9 Å². The highest BCUT2D eigenvalue weighted by molar-refractivity contribution is 7.89. The van der Waals surface area contributed by atoms with Crippen LogP contribution in [0.3, 0.4) is 0 Å². The zero-order valence-electron chi connectivity index (χ0n) is 12.2. The van der Waals surface area contributed by atoms with Crippen LogP contribution < -0.4 is 10.0 Å². The summed E-state index contributed by atoms with van der Waals surface area (Å²) in [5.41, 5.74) is 0.497. The molecule has 1 heterocycles. The molecule has 6 nitrogen and oxygen atoms in total. The number of hydrogen-bond acceptors (Lipinski definition) is 5. The number of pyridine rings is 1. The van der Waals surface area contributed by atoms with E-state index < -0.39 is 22.2 Å². The molecule has 0 amide bonds. The summed E-state index contributed by atoms with van der Waals surface area (Å²) in [7, 11) is -3.74. The summed E-state index contributed by atoms with van der Waals surface area (Å²) < 4.78 is 27.6.